The fourth-order valence-electron chi connectivity index (χ4n) is 3.51. The number of benzene rings is 3. The number of hydrogen-bond donors (Lipinski definition) is 1. The number of aromatic nitrogens is 2. The van der Waals surface area contributed by atoms with Crippen molar-refractivity contribution in [2.24, 2.45) is 5.10 Å². The van der Waals surface area contributed by atoms with Crippen molar-refractivity contribution < 1.29 is 18.7 Å². The number of halogens is 4. The fourth-order valence-corrected chi connectivity index (χ4v) is 4.53. The summed E-state index contributed by atoms with van der Waals surface area (Å²) in [5, 5.41) is 7.44. The third-order valence-corrected chi connectivity index (χ3v) is 7.13. The van der Waals surface area contributed by atoms with Gasteiger partial charge in [0.25, 0.3) is 11.5 Å². The highest BCUT2D eigenvalue weighted by Crippen LogP contribution is 2.42. The lowest BCUT2D eigenvalue weighted by atomic mass is 10.2. The second kappa shape index (κ2) is 12.1. The van der Waals surface area contributed by atoms with Gasteiger partial charge in [-0.2, -0.15) is 9.78 Å². The topological polar surface area (TPSA) is 94.8 Å². The predicted molar refractivity (Wildman–Crippen MR) is 152 cm³/mol. The van der Waals surface area contributed by atoms with Crippen LogP contribution in [-0.4, -0.2) is 35.0 Å². The average molecular weight is 667 g/mol. The van der Waals surface area contributed by atoms with Gasteiger partial charge in [0.1, 0.15) is 16.7 Å². The molecule has 4 rings (SSSR count). The smallest absolute Gasteiger partial charge is 0.282 e. The van der Waals surface area contributed by atoms with Crippen LogP contribution in [0.5, 0.6) is 11.5 Å². The first-order chi connectivity index (χ1) is 18.2. The SMILES string of the molecule is CCOc1cc(C=Nn2c(C)nc3ccc(Br)cc3c2=O)c(Br)c(Cl)c1OCC(=O)Nc1cccc(F)c1. The Labute approximate surface area is 238 Å². The number of aryl methyl sites for hydroxylation is 1. The summed E-state index contributed by atoms with van der Waals surface area (Å²) in [5.41, 5.74) is 1.02. The predicted octanol–water partition coefficient (Wildman–Crippen LogP) is 6.32. The molecule has 1 heterocycles. The Morgan fingerprint density at radius 1 is 1.21 bits per heavy atom. The van der Waals surface area contributed by atoms with Gasteiger partial charge < -0.3 is 14.8 Å². The van der Waals surface area contributed by atoms with E-state index in [1.807, 2.05) is 6.07 Å². The molecule has 0 unspecified atom stereocenters. The van der Waals surface area contributed by atoms with Gasteiger partial charge in [-0.15, -0.1) is 0 Å². The molecule has 0 saturated heterocycles. The number of fused-ring (bicyclic) bond motifs is 1. The molecule has 0 saturated carbocycles. The van der Waals surface area contributed by atoms with Crippen LogP contribution >= 0.6 is 43.5 Å². The summed E-state index contributed by atoms with van der Waals surface area (Å²) in [6.45, 7) is 3.36. The minimum Gasteiger partial charge on any atom is -0.490 e. The van der Waals surface area contributed by atoms with E-state index in [0.717, 1.165) is 4.47 Å². The van der Waals surface area contributed by atoms with Gasteiger partial charge in [0.05, 0.1) is 23.7 Å². The van der Waals surface area contributed by atoms with Crippen molar-refractivity contribution in [3.8, 4) is 11.5 Å². The number of ether oxygens (including phenoxy) is 2. The minimum absolute atomic E-state index is 0.137. The van der Waals surface area contributed by atoms with E-state index in [1.165, 1.54) is 29.1 Å². The molecule has 0 spiro atoms. The van der Waals surface area contributed by atoms with Gasteiger partial charge in [-0.25, -0.2) is 9.37 Å². The highest BCUT2D eigenvalue weighted by Gasteiger charge is 2.19. The van der Waals surface area contributed by atoms with Crippen molar-refractivity contribution in [1.82, 2.24) is 9.66 Å². The first kappa shape index (κ1) is 27.7. The third kappa shape index (κ3) is 6.23. The molecular weight excluding hydrogens is 647 g/mol. The Morgan fingerprint density at radius 2 is 2.00 bits per heavy atom. The molecule has 0 aliphatic rings. The molecule has 12 heteroatoms. The van der Waals surface area contributed by atoms with E-state index < -0.39 is 18.3 Å². The lowest BCUT2D eigenvalue weighted by Crippen LogP contribution is -2.21. The zero-order chi connectivity index (χ0) is 27.4. The Kier molecular flexibility index (Phi) is 8.80. The second-order valence-corrected chi connectivity index (χ2v) is 9.97. The largest absolute Gasteiger partial charge is 0.490 e. The van der Waals surface area contributed by atoms with Crippen LogP contribution in [0.2, 0.25) is 5.02 Å². The summed E-state index contributed by atoms with van der Waals surface area (Å²) in [6, 6.07) is 12.4. The number of carbonyl (C=O) groups excluding carboxylic acids is 1. The molecule has 0 radical (unpaired) electrons. The number of nitrogens with one attached hydrogen (secondary N) is 1. The van der Waals surface area contributed by atoms with Gasteiger partial charge in [-0.1, -0.05) is 33.6 Å². The first-order valence-electron chi connectivity index (χ1n) is 11.2. The molecule has 1 aromatic heterocycles. The minimum atomic E-state index is -0.513. The molecule has 0 aliphatic heterocycles. The van der Waals surface area contributed by atoms with Gasteiger partial charge in [0.15, 0.2) is 18.1 Å². The number of carbonyl (C=O) groups is 1. The number of rotatable bonds is 8. The van der Waals surface area contributed by atoms with Crippen LogP contribution in [0, 0.1) is 12.7 Å². The number of nitrogens with zero attached hydrogens (tertiary/aromatic N) is 3. The van der Waals surface area contributed by atoms with Crippen LogP contribution in [0.1, 0.15) is 18.3 Å². The molecule has 1 amide bonds. The lowest BCUT2D eigenvalue weighted by molar-refractivity contribution is -0.118. The fraction of sp³-hybridized carbons (Fsp3) is 0.154. The third-order valence-electron chi connectivity index (χ3n) is 5.19. The molecule has 38 heavy (non-hydrogen) atoms. The zero-order valence-corrected chi connectivity index (χ0v) is 24.0. The van der Waals surface area contributed by atoms with E-state index in [2.05, 4.69) is 47.3 Å². The van der Waals surface area contributed by atoms with Crippen LogP contribution < -0.4 is 20.3 Å². The summed E-state index contributed by atoms with van der Waals surface area (Å²) in [6.07, 6.45) is 1.44. The van der Waals surface area contributed by atoms with E-state index in [1.54, 1.807) is 38.1 Å². The first-order valence-corrected chi connectivity index (χ1v) is 13.2. The van der Waals surface area contributed by atoms with Gasteiger partial charge in [-0.05, 0) is 72.2 Å². The van der Waals surface area contributed by atoms with Crippen LogP contribution in [0.3, 0.4) is 0 Å². The normalized spacial score (nSPS) is 11.2. The van der Waals surface area contributed by atoms with E-state index >= 15 is 0 Å². The number of amides is 1. The summed E-state index contributed by atoms with van der Waals surface area (Å²) in [5.74, 6) is -0.182. The Bertz CT molecular complexity index is 1630. The van der Waals surface area contributed by atoms with E-state index in [0.29, 0.717) is 39.1 Å². The number of anilines is 1. The standard InChI is InChI=1S/C26H20Br2ClFN4O4/c1-3-37-21-9-15(12-31-34-14(2)32-20-8-7-16(27)10-19(20)26(34)36)23(28)24(29)25(21)38-13-22(35)33-18-6-4-5-17(30)11-18/h4-12H,3,13H2,1-2H3,(H,33,35). The van der Waals surface area contributed by atoms with Crippen molar-refractivity contribution in [1.29, 1.82) is 0 Å². The Hall–Kier alpha value is -3.28. The lowest BCUT2D eigenvalue weighted by Gasteiger charge is -2.16. The average Bonchev–Trinajstić information content (AvgIpc) is 2.87. The quantitative estimate of drug-likeness (QED) is 0.222. The maximum Gasteiger partial charge on any atom is 0.282 e. The summed E-state index contributed by atoms with van der Waals surface area (Å²) in [7, 11) is 0. The maximum absolute atomic E-state index is 13.4. The molecule has 4 aromatic rings. The van der Waals surface area contributed by atoms with Gasteiger partial charge in [-0.3, -0.25) is 9.59 Å². The highest BCUT2D eigenvalue weighted by atomic mass is 79.9. The second-order valence-electron chi connectivity index (χ2n) is 7.88. The van der Waals surface area contributed by atoms with Crippen molar-refractivity contribution in [2.75, 3.05) is 18.5 Å². The van der Waals surface area contributed by atoms with Crippen LogP contribution in [-0.2, 0) is 4.79 Å². The number of hydrogen-bond acceptors (Lipinski definition) is 6. The molecule has 0 aliphatic carbocycles. The summed E-state index contributed by atoms with van der Waals surface area (Å²) in [4.78, 5) is 29.8. The van der Waals surface area contributed by atoms with Crippen molar-refractivity contribution in [3.63, 3.8) is 0 Å². The molecule has 196 valence electrons. The van der Waals surface area contributed by atoms with E-state index in [4.69, 9.17) is 21.1 Å². The van der Waals surface area contributed by atoms with Crippen LogP contribution in [0.15, 0.2) is 67.4 Å². The molecule has 0 bridgehead atoms. The molecular formula is C26H20Br2ClFN4O4. The molecule has 0 fully saturated rings. The van der Waals surface area contributed by atoms with Gasteiger partial charge >= 0.3 is 0 Å². The van der Waals surface area contributed by atoms with Gasteiger partial charge in [0.2, 0.25) is 0 Å². The molecule has 0 atom stereocenters. The van der Waals surface area contributed by atoms with Crippen molar-refractivity contribution in [3.05, 3.63) is 90.1 Å². The van der Waals surface area contributed by atoms with Gasteiger partial charge in [0, 0.05) is 20.2 Å². The molecule has 8 nitrogen and oxygen atoms in total. The summed E-state index contributed by atoms with van der Waals surface area (Å²) >= 11 is 13.4. The van der Waals surface area contributed by atoms with Crippen LogP contribution in [0.4, 0.5) is 10.1 Å². The monoisotopic (exact) mass is 664 g/mol. The maximum atomic E-state index is 13.4. The van der Waals surface area contributed by atoms with Crippen molar-refractivity contribution in [2.45, 2.75) is 13.8 Å². The Morgan fingerprint density at radius 3 is 2.74 bits per heavy atom. The summed E-state index contributed by atoms with van der Waals surface area (Å²) < 4.78 is 27.1. The zero-order valence-electron chi connectivity index (χ0n) is 20.1. The molecule has 1 N–H and O–H groups in total. The Balaban J connectivity index is 1.62. The van der Waals surface area contributed by atoms with Crippen LogP contribution in [0.25, 0.3) is 10.9 Å². The van der Waals surface area contributed by atoms with E-state index in [-0.39, 0.29) is 22.1 Å². The highest BCUT2D eigenvalue weighted by molar-refractivity contribution is 9.10. The van der Waals surface area contributed by atoms with Crippen molar-refractivity contribution >= 4 is 72.2 Å². The van der Waals surface area contributed by atoms with E-state index in [9.17, 15) is 14.0 Å². The molecule has 3 aromatic carbocycles.